The smallest absolute Gasteiger partial charge is 0.409 e. The van der Waals surface area contributed by atoms with Crippen LogP contribution < -0.4 is 0 Å². The van der Waals surface area contributed by atoms with Gasteiger partial charge in [0, 0.05) is 18.7 Å². The highest BCUT2D eigenvalue weighted by atomic mass is 16.6. The van der Waals surface area contributed by atoms with Crippen LogP contribution in [0.2, 0.25) is 0 Å². The Balaban J connectivity index is 1.58. The van der Waals surface area contributed by atoms with Gasteiger partial charge >= 0.3 is 6.09 Å². The number of hydrogen-bond donors (Lipinski definition) is 0. The van der Waals surface area contributed by atoms with Crippen molar-refractivity contribution in [2.45, 2.75) is 31.7 Å². The predicted octanol–water partition coefficient (Wildman–Crippen LogP) is 3.09. The molecular weight excluding hydrogens is 394 g/mol. The average Bonchev–Trinajstić information content (AvgIpc) is 3.29. The van der Waals surface area contributed by atoms with Crippen molar-refractivity contribution in [3.05, 3.63) is 77.6 Å². The number of hydrogen-bond acceptors (Lipinski definition) is 6. The van der Waals surface area contributed by atoms with Gasteiger partial charge in [0.2, 0.25) is 0 Å². The number of carbonyl (C=O) groups is 2. The van der Waals surface area contributed by atoms with E-state index in [1.54, 1.807) is 24.0 Å². The first-order valence-electron chi connectivity index (χ1n) is 10.5. The molecule has 0 N–H and O–H groups in total. The van der Waals surface area contributed by atoms with Crippen LogP contribution >= 0.6 is 0 Å². The van der Waals surface area contributed by atoms with E-state index in [0.717, 1.165) is 5.56 Å². The van der Waals surface area contributed by atoms with Crippen LogP contribution in [-0.4, -0.2) is 56.7 Å². The van der Waals surface area contributed by atoms with Crippen molar-refractivity contribution in [1.29, 1.82) is 0 Å². The lowest BCUT2D eigenvalue weighted by Crippen LogP contribution is -2.46. The van der Waals surface area contributed by atoms with E-state index in [0.29, 0.717) is 43.9 Å². The fourth-order valence-corrected chi connectivity index (χ4v) is 4.03. The van der Waals surface area contributed by atoms with Gasteiger partial charge in [-0.05, 0) is 30.5 Å². The molecule has 1 aliphatic rings. The summed E-state index contributed by atoms with van der Waals surface area (Å²) >= 11 is 0. The molecule has 160 valence electrons. The number of likely N-dealkylation sites (tertiary alicyclic amines) is 1. The molecule has 31 heavy (non-hydrogen) atoms. The van der Waals surface area contributed by atoms with Gasteiger partial charge in [-0.15, -0.1) is 10.2 Å². The van der Waals surface area contributed by atoms with Gasteiger partial charge < -0.3 is 9.64 Å². The van der Waals surface area contributed by atoms with Crippen molar-refractivity contribution < 1.29 is 14.3 Å². The zero-order valence-electron chi connectivity index (χ0n) is 17.5. The lowest BCUT2D eigenvalue weighted by atomic mass is 9.72. The molecule has 0 radical (unpaired) electrons. The molecule has 0 aliphatic carbocycles. The normalized spacial score (nSPS) is 15.5. The second-order valence-corrected chi connectivity index (χ2v) is 7.57. The Hall–Kier alpha value is -3.55. The van der Waals surface area contributed by atoms with Crippen molar-refractivity contribution in [2.75, 3.05) is 19.7 Å². The number of ether oxygens (including phenoxy) is 1. The number of benzene rings is 2. The number of piperidine rings is 1. The van der Waals surface area contributed by atoms with Crippen LogP contribution in [0.25, 0.3) is 0 Å². The first-order chi connectivity index (χ1) is 15.1. The summed E-state index contributed by atoms with van der Waals surface area (Å²) in [5, 5.41) is 13.1. The standard InChI is InChI=1S/C23H25N5O3/c1-2-31-22(30)27-15-13-23(14-16-27,19-11-7-4-8-12-19)21-24-26-28(25-21)17-20(29)18-9-5-3-6-10-18/h3-12H,2,13-17H2,1H3. The summed E-state index contributed by atoms with van der Waals surface area (Å²) in [4.78, 5) is 27.8. The summed E-state index contributed by atoms with van der Waals surface area (Å²) in [5.74, 6) is 0.499. The lowest BCUT2D eigenvalue weighted by Gasteiger charge is -2.39. The van der Waals surface area contributed by atoms with E-state index in [1.807, 2.05) is 36.4 Å². The van der Waals surface area contributed by atoms with Crippen LogP contribution in [0.15, 0.2) is 60.7 Å². The Kier molecular flexibility index (Phi) is 6.06. The first-order valence-corrected chi connectivity index (χ1v) is 10.5. The number of tetrazole rings is 1. The van der Waals surface area contributed by atoms with Gasteiger partial charge in [-0.1, -0.05) is 60.7 Å². The van der Waals surface area contributed by atoms with Gasteiger partial charge in [0.25, 0.3) is 0 Å². The lowest BCUT2D eigenvalue weighted by molar-refractivity contribution is 0.0894. The predicted molar refractivity (Wildman–Crippen MR) is 114 cm³/mol. The summed E-state index contributed by atoms with van der Waals surface area (Å²) in [7, 11) is 0. The summed E-state index contributed by atoms with van der Waals surface area (Å²) in [6.45, 7) is 3.24. The van der Waals surface area contributed by atoms with E-state index in [1.165, 1.54) is 4.80 Å². The number of ketones is 1. The molecule has 1 aliphatic heterocycles. The fraction of sp³-hybridized carbons (Fsp3) is 0.348. The molecule has 0 unspecified atom stereocenters. The maximum absolute atomic E-state index is 12.5. The summed E-state index contributed by atoms with van der Waals surface area (Å²) in [6, 6.07) is 19.1. The van der Waals surface area contributed by atoms with Crippen molar-refractivity contribution in [3.63, 3.8) is 0 Å². The highest BCUT2D eigenvalue weighted by Gasteiger charge is 2.43. The van der Waals surface area contributed by atoms with E-state index >= 15 is 0 Å². The molecule has 4 rings (SSSR count). The third kappa shape index (κ3) is 4.33. The van der Waals surface area contributed by atoms with Crippen LogP contribution in [0.3, 0.4) is 0 Å². The maximum atomic E-state index is 12.5. The largest absolute Gasteiger partial charge is 0.450 e. The van der Waals surface area contributed by atoms with Gasteiger partial charge in [-0.2, -0.15) is 4.80 Å². The zero-order valence-corrected chi connectivity index (χ0v) is 17.5. The van der Waals surface area contributed by atoms with Gasteiger partial charge in [0.1, 0.15) is 6.54 Å². The highest BCUT2D eigenvalue weighted by molar-refractivity contribution is 5.95. The van der Waals surface area contributed by atoms with E-state index in [-0.39, 0.29) is 18.4 Å². The molecule has 0 atom stereocenters. The summed E-state index contributed by atoms with van der Waals surface area (Å²) in [6.07, 6.45) is 0.997. The number of Topliss-reactive ketones (excluding diaryl/α,β-unsaturated/α-hetero) is 1. The van der Waals surface area contributed by atoms with Gasteiger partial charge in [-0.3, -0.25) is 4.79 Å². The number of rotatable bonds is 6. The molecule has 3 aromatic rings. The van der Waals surface area contributed by atoms with Gasteiger partial charge in [0.15, 0.2) is 11.6 Å². The summed E-state index contributed by atoms with van der Waals surface area (Å²) in [5.41, 5.74) is 1.22. The molecule has 1 saturated heterocycles. The Morgan fingerprint density at radius 2 is 1.65 bits per heavy atom. The van der Waals surface area contributed by atoms with Crippen molar-refractivity contribution in [3.8, 4) is 0 Å². The number of aromatic nitrogens is 4. The number of nitrogens with zero attached hydrogens (tertiary/aromatic N) is 5. The van der Waals surface area contributed by atoms with Crippen LogP contribution in [0.1, 0.15) is 41.5 Å². The quantitative estimate of drug-likeness (QED) is 0.571. The molecule has 0 bridgehead atoms. The molecule has 0 spiro atoms. The number of carbonyl (C=O) groups excluding carboxylic acids is 2. The molecule has 2 heterocycles. The highest BCUT2D eigenvalue weighted by Crippen LogP contribution is 2.39. The van der Waals surface area contributed by atoms with Crippen molar-refractivity contribution >= 4 is 11.9 Å². The Bertz CT molecular complexity index is 1030. The topological polar surface area (TPSA) is 90.2 Å². The minimum absolute atomic E-state index is 0.0246. The molecule has 1 aromatic heterocycles. The second-order valence-electron chi connectivity index (χ2n) is 7.57. The Labute approximate surface area is 180 Å². The second kappa shape index (κ2) is 9.07. The van der Waals surface area contributed by atoms with Crippen LogP contribution in [0, 0.1) is 0 Å². The Morgan fingerprint density at radius 3 is 2.29 bits per heavy atom. The van der Waals surface area contributed by atoms with Gasteiger partial charge in [-0.25, -0.2) is 4.79 Å². The van der Waals surface area contributed by atoms with Crippen molar-refractivity contribution in [2.24, 2.45) is 0 Å². The molecule has 2 aromatic carbocycles. The minimum Gasteiger partial charge on any atom is -0.450 e. The molecule has 1 fully saturated rings. The van der Waals surface area contributed by atoms with Crippen LogP contribution in [0.5, 0.6) is 0 Å². The maximum Gasteiger partial charge on any atom is 0.409 e. The molecular formula is C23H25N5O3. The monoisotopic (exact) mass is 419 g/mol. The molecule has 1 amide bonds. The molecule has 0 saturated carbocycles. The van der Waals surface area contributed by atoms with Crippen molar-refractivity contribution in [1.82, 2.24) is 25.1 Å². The average molecular weight is 419 g/mol. The van der Waals surface area contributed by atoms with Crippen LogP contribution in [-0.2, 0) is 16.7 Å². The SMILES string of the molecule is CCOC(=O)N1CCC(c2ccccc2)(c2nnn(CC(=O)c3ccccc3)n2)CC1. The zero-order chi connectivity index (χ0) is 21.7. The van der Waals surface area contributed by atoms with E-state index < -0.39 is 5.41 Å². The fourth-order valence-electron chi connectivity index (χ4n) is 4.03. The third-order valence-electron chi connectivity index (χ3n) is 5.73. The van der Waals surface area contributed by atoms with E-state index in [4.69, 9.17) is 4.74 Å². The summed E-state index contributed by atoms with van der Waals surface area (Å²) < 4.78 is 5.15. The molecule has 8 nitrogen and oxygen atoms in total. The van der Waals surface area contributed by atoms with E-state index in [9.17, 15) is 9.59 Å². The van der Waals surface area contributed by atoms with E-state index in [2.05, 4.69) is 27.5 Å². The molecule has 8 heteroatoms. The minimum atomic E-state index is -0.474. The van der Waals surface area contributed by atoms with Gasteiger partial charge in [0.05, 0.1) is 12.0 Å². The van der Waals surface area contributed by atoms with Crippen LogP contribution in [0.4, 0.5) is 4.79 Å². The first kappa shape index (κ1) is 20.7. The third-order valence-corrected chi connectivity index (χ3v) is 5.73. The Morgan fingerprint density at radius 1 is 1.00 bits per heavy atom. The number of amides is 1.